The predicted molar refractivity (Wildman–Crippen MR) is 191 cm³/mol. The summed E-state index contributed by atoms with van der Waals surface area (Å²) in [5.41, 5.74) is -12.9. The highest BCUT2D eigenvalue weighted by Gasteiger charge is 2.52. The molecule has 67 heavy (non-hydrogen) atoms. The van der Waals surface area contributed by atoms with Crippen LogP contribution in [0.4, 0.5) is 87.8 Å². The molecule has 0 bridgehead atoms. The van der Waals surface area contributed by atoms with Gasteiger partial charge in [0.25, 0.3) is 5.69 Å². The van der Waals surface area contributed by atoms with Gasteiger partial charge in [0, 0.05) is 23.1 Å². The number of nitrogens with zero attached hydrogens (tertiary/aromatic N) is 1. The molecule has 0 radical (unpaired) electrons. The first-order valence-electron chi connectivity index (χ1n) is 17.8. The smallest absolute Gasteiger partial charge is 0.401 e. The number of Topliss-reactive ketones (excluding diaryl/α,β-unsaturated/α-hetero) is 1. The first-order valence-corrected chi connectivity index (χ1v) is 17.8. The van der Waals surface area contributed by atoms with Gasteiger partial charge in [-0.15, -0.1) is 21.9 Å². The third-order valence-corrected chi connectivity index (χ3v) is 10.3. The van der Waals surface area contributed by atoms with Crippen molar-refractivity contribution in [3.8, 4) is 0 Å². The molecule has 1 aromatic heterocycles. The molecule has 0 atom stereocenters. The summed E-state index contributed by atoms with van der Waals surface area (Å²) in [5, 5.41) is 10.3. The fraction of sp³-hybridized carbons (Fsp3) is 0.0238. The number of aromatic nitrogens is 1. The van der Waals surface area contributed by atoms with E-state index in [1.165, 1.54) is 6.07 Å². The van der Waals surface area contributed by atoms with Crippen LogP contribution in [0.5, 0.6) is 0 Å². The van der Waals surface area contributed by atoms with Crippen LogP contribution in [0, 0.1) is 116 Å². The number of carbonyl (C=O) groups excluding carboxylic acids is 1. The molecule has 0 amide bonds. The van der Waals surface area contributed by atoms with Crippen molar-refractivity contribution in [3.05, 3.63) is 194 Å². The van der Waals surface area contributed by atoms with Gasteiger partial charge in [-0.05, 0) is 12.1 Å². The number of hydrogen-bond donors (Lipinski definition) is 1. The van der Waals surface area contributed by atoms with Gasteiger partial charge in [-0.1, -0.05) is 42.5 Å². The van der Waals surface area contributed by atoms with Gasteiger partial charge in [-0.2, -0.15) is 4.57 Å². The molecule has 0 saturated heterocycles. The number of halogens is 20. The number of benzene rings is 6. The molecule has 25 heteroatoms. The summed E-state index contributed by atoms with van der Waals surface area (Å²) in [4.78, 5) is 23.9. The van der Waals surface area contributed by atoms with Crippen molar-refractivity contribution < 1.29 is 107 Å². The molecule has 6 aromatic carbocycles. The topological polar surface area (TPSA) is 58.2 Å². The van der Waals surface area contributed by atoms with Crippen molar-refractivity contribution in [2.24, 2.45) is 0 Å². The van der Waals surface area contributed by atoms with Crippen molar-refractivity contribution in [2.75, 3.05) is 0 Å². The van der Waals surface area contributed by atoms with Crippen LogP contribution < -0.4 is 26.4 Å². The summed E-state index contributed by atoms with van der Waals surface area (Å²) >= 11 is 0. The molecule has 0 saturated carbocycles. The second-order valence-electron chi connectivity index (χ2n) is 13.8. The monoisotopic (exact) mass is 971 g/mol. The number of carbonyl (C=O) groups is 2. The summed E-state index contributed by atoms with van der Waals surface area (Å²) in [6, 6.07) is 19.6. The Morgan fingerprint density at radius 3 is 0.970 bits per heavy atom. The lowest BCUT2D eigenvalue weighted by Gasteiger charge is -2.44. The molecule has 0 aliphatic heterocycles. The highest BCUT2D eigenvalue weighted by Crippen LogP contribution is 2.31. The summed E-state index contributed by atoms with van der Waals surface area (Å²) < 4.78 is 296. The zero-order valence-electron chi connectivity index (χ0n) is 31.9. The molecular weight excluding hydrogens is 957 g/mol. The molecular formula is C42H14BF20NO3. The quantitative estimate of drug-likeness (QED) is 0.0415. The summed E-state index contributed by atoms with van der Waals surface area (Å²) in [6.07, 6.45) is -7.22. The van der Waals surface area contributed by atoms with E-state index in [1.807, 2.05) is 30.3 Å². The van der Waals surface area contributed by atoms with Crippen LogP contribution in [-0.2, 0) is 6.54 Å². The molecule has 0 aliphatic rings. The Morgan fingerprint density at radius 1 is 0.373 bits per heavy atom. The van der Waals surface area contributed by atoms with E-state index in [0.29, 0.717) is 5.56 Å². The summed E-state index contributed by atoms with van der Waals surface area (Å²) in [6.45, 7) is -0.00694. The minimum absolute atomic E-state index is 0.00694. The fourth-order valence-electron chi connectivity index (χ4n) is 7.35. The SMILES string of the molecule is Fc1c(F)c(F)c([B-](c2c(F)c(F)c(F)c(F)c2F)(c2c(F)c(F)c(F)c(F)c2F)c2c(F)c(F)c(F)c(F)c2F)c(F)c1F.O=C(C[n+]1c(C(=O)O)ccc2ccccc21)c1ccccc1. The number of fused-ring (bicyclic) bond motifs is 1. The molecule has 0 spiro atoms. The Labute approximate surface area is 358 Å². The lowest BCUT2D eigenvalue weighted by atomic mass is 9.12. The third-order valence-electron chi connectivity index (χ3n) is 10.3. The third kappa shape index (κ3) is 7.64. The molecule has 348 valence electrons. The van der Waals surface area contributed by atoms with Crippen molar-refractivity contribution in [1.29, 1.82) is 0 Å². The number of para-hydroxylation sites is 1. The van der Waals surface area contributed by atoms with Crippen LogP contribution in [0.2, 0.25) is 0 Å². The van der Waals surface area contributed by atoms with E-state index in [4.69, 9.17) is 0 Å². The van der Waals surface area contributed by atoms with Gasteiger partial charge in [0.1, 0.15) is 52.7 Å². The van der Waals surface area contributed by atoms with E-state index in [0.717, 1.165) is 10.9 Å². The highest BCUT2D eigenvalue weighted by molar-refractivity contribution is 7.20. The zero-order chi connectivity index (χ0) is 49.9. The van der Waals surface area contributed by atoms with Gasteiger partial charge in [-0.25, -0.2) is 92.6 Å². The molecule has 0 aliphatic carbocycles. The van der Waals surface area contributed by atoms with Gasteiger partial charge < -0.3 is 5.11 Å². The van der Waals surface area contributed by atoms with Crippen LogP contribution in [0.25, 0.3) is 10.9 Å². The van der Waals surface area contributed by atoms with E-state index in [9.17, 15) is 67.4 Å². The van der Waals surface area contributed by atoms with Crippen molar-refractivity contribution in [1.82, 2.24) is 0 Å². The average molecular weight is 971 g/mol. The molecule has 1 N–H and O–H groups in total. The van der Waals surface area contributed by atoms with Crippen molar-refractivity contribution in [2.45, 2.75) is 6.54 Å². The second kappa shape index (κ2) is 18.1. The maximum absolute atomic E-state index is 15.4. The molecule has 7 rings (SSSR count). The first-order chi connectivity index (χ1) is 31.4. The minimum atomic E-state index is -7.22. The Bertz CT molecular complexity index is 2840. The number of carboxylic acid groups (broad SMARTS) is 1. The summed E-state index contributed by atoms with van der Waals surface area (Å²) in [5.74, 6) is -72.6. The van der Waals surface area contributed by atoms with E-state index in [2.05, 4.69) is 0 Å². The Balaban J connectivity index is 0.000000279. The van der Waals surface area contributed by atoms with Crippen LogP contribution in [-0.4, -0.2) is 23.0 Å². The normalized spacial score (nSPS) is 11.5. The zero-order valence-corrected chi connectivity index (χ0v) is 31.9. The number of rotatable bonds is 8. The lowest BCUT2D eigenvalue weighted by molar-refractivity contribution is -0.659. The molecule has 1 heterocycles. The molecule has 0 fully saturated rings. The lowest BCUT2D eigenvalue weighted by Crippen LogP contribution is -2.81. The van der Waals surface area contributed by atoms with Crippen LogP contribution in [0.1, 0.15) is 20.8 Å². The Morgan fingerprint density at radius 2 is 0.657 bits per heavy atom. The van der Waals surface area contributed by atoms with Gasteiger partial charge in [0.2, 0.25) is 17.8 Å². The summed E-state index contributed by atoms with van der Waals surface area (Å²) in [7, 11) is 0. The fourth-order valence-corrected chi connectivity index (χ4v) is 7.35. The predicted octanol–water partition coefficient (Wildman–Crippen LogP) is 8.55. The largest absolute Gasteiger partial charge is 0.473 e. The molecule has 0 unspecified atom stereocenters. The number of hydrogen-bond acceptors (Lipinski definition) is 2. The minimum Gasteiger partial charge on any atom is -0.473 e. The van der Waals surface area contributed by atoms with E-state index in [1.54, 1.807) is 34.9 Å². The van der Waals surface area contributed by atoms with Crippen molar-refractivity contribution in [3.63, 3.8) is 0 Å². The number of ketones is 1. The Kier molecular flexibility index (Phi) is 13.2. The highest BCUT2D eigenvalue weighted by atomic mass is 19.2. The van der Waals surface area contributed by atoms with Gasteiger partial charge in [-0.3, -0.25) is 4.79 Å². The van der Waals surface area contributed by atoms with E-state index in [-0.39, 0.29) is 18.0 Å². The van der Waals surface area contributed by atoms with Crippen LogP contribution in [0.15, 0.2) is 66.7 Å². The average Bonchev–Trinajstić information content (AvgIpc) is 3.31. The second-order valence-corrected chi connectivity index (χ2v) is 13.8. The standard InChI is InChI=1S/C24BF20.C18H13NO3/c26-5-1(6(27)14(35)21(42)13(5)34)25(2-7(28)15(36)22(43)16(37)8(2)29,3-9(30)17(38)23(44)18(39)10(3)31)4-11(32)19(40)24(45)20(41)12(4)33;20-17(14-7-2-1-3-8-14)12-19-15-9-5-4-6-13(15)10-11-16(19)18(21)22/h;1-11H,12H2/q-1;/p+1. The van der Waals surface area contributed by atoms with Gasteiger partial charge in [0.15, 0.2) is 69.8 Å². The maximum Gasteiger partial charge on any atom is 0.401 e. The number of pyridine rings is 1. The van der Waals surface area contributed by atoms with Gasteiger partial charge in [0.05, 0.1) is 0 Å². The van der Waals surface area contributed by atoms with Crippen LogP contribution in [0.3, 0.4) is 0 Å². The number of carboxylic acids is 1. The first kappa shape index (κ1) is 49.0. The maximum atomic E-state index is 15.4. The molecule has 7 aromatic rings. The Hall–Kier alpha value is -7.47. The molecule has 4 nitrogen and oxygen atoms in total. The van der Waals surface area contributed by atoms with Gasteiger partial charge >= 0.3 is 5.97 Å². The van der Waals surface area contributed by atoms with Crippen LogP contribution >= 0.6 is 0 Å². The van der Waals surface area contributed by atoms with E-state index < -0.39 is 150 Å². The van der Waals surface area contributed by atoms with E-state index >= 15 is 35.1 Å². The number of aromatic carboxylic acids is 1. The van der Waals surface area contributed by atoms with Crippen molar-refractivity contribution >= 4 is 50.7 Å².